The van der Waals surface area contributed by atoms with Crippen LogP contribution in [0.3, 0.4) is 0 Å². The van der Waals surface area contributed by atoms with Crippen LogP contribution < -0.4 is 5.63 Å². The number of rotatable bonds is 2. The van der Waals surface area contributed by atoms with Crippen molar-refractivity contribution >= 4 is 51.6 Å². The van der Waals surface area contributed by atoms with Gasteiger partial charge in [0.1, 0.15) is 11.1 Å². The molecule has 2 aromatic carbocycles. The predicted octanol–water partition coefficient (Wildman–Crippen LogP) is 4.72. The van der Waals surface area contributed by atoms with Crippen LogP contribution in [0.25, 0.3) is 22.4 Å². The summed E-state index contributed by atoms with van der Waals surface area (Å²) in [4.78, 5) is 12.5. The van der Waals surface area contributed by atoms with Gasteiger partial charge in [-0.25, -0.2) is 4.79 Å². The second-order valence-corrected chi connectivity index (χ2v) is 7.85. The molecule has 5 rings (SSSR count). The topological polar surface area (TPSA) is 73.3 Å². The Labute approximate surface area is 172 Å². The summed E-state index contributed by atoms with van der Waals surface area (Å²) in [6, 6.07) is 14.3. The summed E-state index contributed by atoms with van der Waals surface area (Å²) in [5.74, 6) is 0.899. The lowest BCUT2D eigenvalue weighted by Gasteiger charge is -2.14. The third kappa shape index (κ3) is 2.92. The first-order valence-electron chi connectivity index (χ1n) is 8.25. The normalized spacial score (nSPS) is 13.4. The SMILES string of the molecule is O=c1oc2ccccc2cc1-c1nnc2n1N=C(c1ccc(Cl)cc1Cl)CS2. The van der Waals surface area contributed by atoms with Gasteiger partial charge in [-0.15, -0.1) is 10.2 Å². The van der Waals surface area contributed by atoms with Crippen LogP contribution in [0, 0.1) is 0 Å². The quantitative estimate of drug-likeness (QED) is 0.432. The van der Waals surface area contributed by atoms with E-state index in [0.717, 1.165) is 16.7 Å². The van der Waals surface area contributed by atoms with Crippen molar-refractivity contribution < 1.29 is 4.42 Å². The van der Waals surface area contributed by atoms with Crippen LogP contribution in [0.5, 0.6) is 0 Å². The average molecular weight is 429 g/mol. The maximum Gasteiger partial charge on any atom is 0.347 e. The molecular formula is C19H10Cl2N4O2S. The Hall–Kier alpha value is -2.61. The minimum Gasteiger partial charge on any atom is -0.422 e. The van der Waals surface area contributed by atoms with Crippen LogP contribution in [0.15, 0.2) is 68.0 Å². The minimum absolute atomic E-state index is 0.297. The molecule has 0 saturated heterocycles. The lowest BCUT2D eigenvalue weighted by molar-refractivity contribution is 0.562. The van der Waals surface area contributed by atoms with E-state index in [4.69, 9.17) is 27.6 Å². The molecule has 0 N–H and O–H groups in total. The van der Waals surface area contributed by atoms with Crippen LogP contribution in [0.2, 0.25) is 10.0 Å². The molecule has 0 spiro atoms. The molecule has 9 heteroatoms. The first-order chi connectivity index (χ1) is 13.6. The molecule has 0 aliphatic carbocycles. The minimum atomic E-state index is -0.495. The Kier molecular flexibility index (Phi) is 4.23. The van der Waals surface area contributed by atoms with E-state index in [-0.39, 0.29) is 0 Å². The van der Waals surface area contributed by atoms with E-state index < -0.39 is 5.63 Å². The second kappa shape index (κ2) is 6.77. The van der Waals surface area contributed by atoms with Crippen LogP contribution in [-0.4, -0.2) is 26.3 Å². The number of para-hydroxylation sites is 1. The number of aromatic nitrogens is 3. The van der Waals surface area contributed by atoms with Crippen LogP contribution >= 0.6 is 35.0 Å². The monoisotopic (exact) mass is 428 g/mol. The summed E-state index contributed by atoms with van der Waals surface area (Å²) in [6.45, 7) is 0. The number of halogens is 2. The largest absolute Gasteiger partial charge is 0.422 e. The van der Waals surface area contributed by atoms with E-state index in [1.54, 1.807) is 28.9 Å². The van der Waals surface area contributed by atoms with Gasteiger partial charge in [0.2, 0.25) is 5.16 Å². The zero-order chi connectivity index (χ0) is 19.3. The Morgan fingerprint density at radius 2 is 1.89 bits per heavy atom. The molecule has 0 amide bonds. The highest BCUT2D eigenvalue weighted by atomic mass is 35.5. The molecule has 0 fully saturated rings. The molecule has 1 aliphatic heterocycles. The van der Waals surface area contributed by atoms with Gasteiger partial charge in [0.25, 0.3) is 0 Å². The molecule has 0 bridgehead atoms. The van der Waals surface area contributed by atoms with Gasteiger partial charge in [-0.05, 0) is 24.3 Å². The second-order valence-electron chi connectivity index (χ2n) is 6.06. The fourth-order valence-electron chi connectivity index (χ4n) is 2.97. The summed E-state index contributed by atoms with van der Waals surface area (Å²) in [5.41, 5.74) is 1.83. The highest BCUT2D eigenvalue weighted by molar-refractivity contribution is 7.99. The molecule has 0 atom stereocenters. The highest BCUT2D eigenvalue weighted by Gasteiger charge is 2.24. The highest BCUT2D eigenvalue weighted by Crippen LogP contribution is 2.30. The maximum absolute atomic E-state index is 12.5. The van der Waals surface area contributed by atoms with Crippen molar-refractivity contribution in [3.05, 3.63) is 74.6 Å². The summed E-state index contributed by atoms with van der Waals surface area (Å²) in [6.07, 6.45) is 0. The van der Waals surface area contributed by atoms with Crippen LogP contribution in [-0.2, 0) is 0 Å². The van der Waals surface area contributed by atoms with Gasteiger partial charge in [-0.2, -0.15) is 9.78 Å². The number of thioether (sulfide) groups is 1. The third-order valence-electron chi connectivity index (χ3n) is 4.30. The third-order valence-corrected chi connectivity index (χ3v) is 5.77. The summed E-state index contributed by atoms with van der Waals surface area (Å²) in [7, 11) is 0. The van der Waals surface area contributed by atoms with Crippen molar-refractivity contribution in [3.63, 3.8) is 0 Å². The van der Waals surface area contributed by atoms with E-state index in [1.165, 1.54) is 11.8 Å². The summed E-state index contributed by atoms with van der Waals surface area (Å²) >= 11 is 13.8. The standard InChI is InChI=1S/C19H10Cl2N4O2S/c20-11-5-6-12(14(21)8-11)15-9-28-19-23-22-17(25(19)24-15)13-7-10-3-1-2-4-16(10)27-18(13)26/h1-8H,9H2. The van der Waals surface area contributed by atoms with Gasteiger partial charge in [-0.1, -0.05) is 59.2 Å². The van der Waals surface area contributed by atoms with E-state index >= 15 is 0 Å². The lowest BCUT2D eigenvalue weighted by Crippen LogP contribution is -2.15. The van der Waals surface area contributed by atoms with Crippen molar-refractivity contribution in [2.75, 3.05) is 5.75 Å². The molecular weight excluding hydrogens is 419 g/mol. The van der Waals surface area contributed by atoms with E-state index in [1.807, 2.05) is 24.3 Å². The average Bonchev–Trinajstić information content (AvgIpc) is 3.10. The molecule has 0 radical (unpaired) electrons. The molecule has 6 nitrogen and oxygen atoms in total. The Morgan fingerprint density at radius 1 is 1.04 bits per heavy atom. The van der Waals surface area contributed by atoms with Crippen molar-refractivity contribution in [2.24, 2.45) is 5.10 Å². The predicted molar refractivity (Wildman–Crippen MR) is 111 cm³/mol. The fourth-order valence-corrected chi connectivity index (χ4v) is 4.31. The maximum atomic E-state index is 12.5. The van der Waals surface area contributed by atoms with Gasteiger partial charge < -0.3 is 4.42 Å². The van der Waals surface area contributed by atoms with Gasteiger partial charge in [0.15, 0.2) is 5.82 Å². The molecule has 138 valence electrons. The summed E-state index contributed by atoms with van der Waals surface area (Å²) < 4.78 is 6.97. The first kappa shape index (κ1) is 17.5. The van der Waals surface area contributed by atoms with E-state index in [9.17, 15) is 4.79 Å². The van der Waals surface area contributed by atoms with Gasteiger partial charge in [-0.3, -0.25) is 0 Å². The zero-order valence-electron chi connectivity index (χ0n) is 14.1. The molecule has 1 aliphatic rings. The number of fused-ring (bicyclic) bond motifs is 2. The first-order valence-corrected chi connectivity index (χ1v) is 9.99. The molecule has 0 saturated carbocycles. The van der Waals surface area contributed by atoms with Gasteiger partial charge in [0, 0.05) is 21.7 Å². The van der Waals surface area contributed by atoms with Crippen LogP contribution in [0.4, 0.5) is 0 Å². The zero-order valence-corrected chi connectivity index (χ0v) is 16.4. The molecule has 0 unspecified atom stereocenters. The van der Waals surface area contributed by atoms with Crippen molar-refractivity contribution in [3.8, 4) is 11.4 Å². The fraction of sp³-hybridized carbons (Fsp3) is 0.0526. The molecule has 2 aromatic heterocycles. The summed E-state index contributed by atoms with van der Waals surface area (Å²) in [5, 5.41) is 15.4. The van der Waals surface area contributed by atoms with Gasteiger partial charge >= 0.3 is 5.63 Å². The van der Waals surface area contributed by atoms with E-state index in [2.05, 4.69) is 15.3 Å². The molecule has 4 aromatic rings. The van der Waals surface area contributed by atoms with Crippen LogP contribution in [0.1, 0.15) is 5.56 Å². The molecule has 28 heavy (non-hydrogen) atoms. The van der Waals surface area contributed by atoms with Crippen molar-refractivity contribution in [1.29, 1.82) is 0 Å². The Bertz CT molecular complexity index is 1330. The lowest BCUT2D eigenvalue weighted by atomic mass is 10.1. The Morgan fingerprint density at radius 3 is 2.75 bits per heavy atom. The molecule has 3 heterocycles. The number of nitrogens with zero attached hydrogens (tertiary/aromatic N) is 4. The van der Waals surface area contributed by atoms with E-state index in [0.29, 0.717) is 37.9 Å². The Balaban J connectivity index is 1.67. The number of benzene rings is 2. The van der Waals surface area contributed by atoms with Gasteiger partial charge in [0.05, 0.1) is 10.7 Å². The number of hydrogen-bond donors (Lipinski definition) is 0. The van der Waals surface area contributed by atoms with Crippen molar-refractivity contribution in [2.45, 2.75) is 5.16 Å². The smallest absolute Gasteiger partial charge is 0.347 e. The van der Waals surface area contributed by atoms with Crippen molar-refractivity contribution in [1.82, 2.24) is 14.9 Å². The number of hydrogen-bond acceptors (Lipinski definition) is 6.